The minimum Gasteiger partial charge on any atom is -0.548 e. The number of carbonyl (C=O) groups excluding carboxylic acids is 3. The Bertz CT molecular complexity index is 334. The molecule has 80 valence electrons. The fourth-order valence-corrected chi connectivity index (χ4v) is 2.15. The van der Waals surface area contributed by atoms with Crippen LogP contribution < -0.4 is 5.11 Å². The highest BCUT2D eigenvalue weighted by Crippen LogP contribution is 2.34. The highest BCUT2D eigenvalue weighted by Gasteiger charge is 2.46. The molecule has 0 saturated carbocycles. The molecule has 0 radical (unpaired) electrons. The number of likely N-dealkylation sites (tertiary alicyclic amines) is 1. The Kier molecular flexibility index (Phi) is 2.30. The van der Waals surface area contributed by atoms with Crippen LogP contribution in [-0.4, -0.2) is 29.2 Å². The van der Waals surface area contributed by atoms with Crippen molar-refractivity contribution in [3.8, 4) is 0 Å². The molecule has 1 fully saturated rings. The number of fused-ring (bicyclic) bond motifs is 1. The molecule has 1 aliphatic heterocycles. The maximum Gasteiger partial charge on any atom is 0.233 e. The van der Waals surface area contributed by atoms with Crippen LogP contribution in [0.2, 0.25) is 0 Å². The molecule has 1 heterocycles. The monoisotopic (exact) mass is 208 g/mol. The van der Waals surface area contributed by atoms with Crippen molar-refractivity contribution < 1.29 is 19.5 Å². The van der Waals surface area contributed by atoms with Crippen LogP contribution in [0.1, 0.15) is 12.8 Å². The molecule has 0 N–H and O–H groups in total. The molecule has 2 unspecified atom stereocenters. The molecule has 0 spiro atoms. The van der Waals surface area contributed by atoms with Gasteiger partial charge in [0.1, 0.15) is 0 Å². The molecule has 1 aliphatic carbocycles. The molecular weight excluding hydrogens is 198 g/mol. The second kappa shape index (κ2) is 3.49. The lowest BCUT2D eigenvalue weighted by atomic mass is 9.85. The summed E-state index contributed by atoms with van der Waals surface area (Å²) in [6.45, 7) is -0.620. The molecule has 5 heteroatoms. The SMILES string of the molecule is O=C([O-])CN1C(=O)C2CC=CCC2C1=O. The summed E-state index contributed by atoms with van der Waals surface area (Å²) in [7, 11) is 0. The molecule has 2 aliphatic rings. The lowest BCUT2D eigenvalue weighted by molar-refractivity contribution is -0.305. The van der Waals surface area contributed by atoms with E-state index in [0.29, 0.717) is 12.8 Å². The van der Waals surface area contributed by atoms with Gasteiger partial charge in [0.2, 0.25) is 11.8 Å². The van der Waals surface area contributed by atoms with Crippen molar-refractivity contribution in [1.82, 2.24) is 4.90 Å². The third kappa shape index (κ3) is 1.54. The third-order valence-corrected chi connectivity index (χ3v) is 2.89. The average molecular weight is 208 g/mol. The van der Waals surface area contributed by atoms with Gasteiger partial charge in [-0.15, -0.1) is 0 Å². The first-order chi connectivity index (χ1) is 7.11. The Morgan fingerprint density at radius 3 is 2.13 bits per heavy atom. The van der Waals surface area contributed by atoms with E-state index in [-0.39, 0.29) is 23.7 Å². The minimum atomic E-state index is -1.40. The van der Waals surface area contributed by atoms with Crippen molar-refractivity contribution in [2.24, 2.45) is 11.8 Å². The van der Waals surface area contributed by atoms with Gasteiger partial charge in [-0.25, -0.2) is 0 Å². The number of nitrogens with zero attached hydrogens (tertiary/aromatic N) is 1. The second-order valence-electron chi connectivity index (χ2n) is 3.79. The first-order valence-electron chi connectivity index (χ1n) is 4.81. The Hall–Kier alpha value is -1.65. The van der Waals surface area contributed by atoms with Crippen molar-refractivity contribution in [3.63, 3.8) is 0 Å². The van der Waals surface area contributed by atoms with E-state index >= 15 is 0 Å². The number of hydrogen-bond acceptors (Lipinski definition) is 4. The molecule has 0 aromatic rings. The summed E-state index contributed by atoms with van der Waals surface area (Å²) in [5.74, 6) is -2.87. The predicted molar refractivity (Wildman–Crippen MR) is 47.1 cm³/mol. The van der Waals surface area contributed by atoms with Crippen LogP contribution in [0.5, 0.6) is 0 Å². The van der Waals surface area contributed by atoms with E-state index in [1.165, 1.54) is 0 Å². The van der Waals surface area contributed by atoms with E-state index in [4.69, 9.17) is 0 Å². The van der Waals surface area contributed by atoms with Gasteiger partial charge < -0.3 is 9.90 Å². The lowest BCUT2D eigenvalue weighted by Gasteiger charge is -2.14. The summed E-state index contributed by atoms with van der Waals surface area (Å²) in [5.41, 5.74) is 0. The first-order valence-corrected chi connectivity index (χ1v) is 4.81. The molecule has 1 saturated heterocycles. The summed E-state index contributed by atoms with van der Waals surface area (Å²) < 4.78 is 0. The highest BCUT2D eigenvalue weighted by molar-refractivity contribution is 6.07. The van der Waals surface area contributed by atoms with Crippen LogP contribution in [-0.2, 0) is 14.4 Å². The summed E-state index contributed by atoms with van der Waals surface area (Å²) >= 11 is 0. The zero-order chi connectivity index (χ0) is 11.0. The highest BCUT2D eigenvalue weighted by atomic mass is 16.4. The smallest absolute Gasteiger partial charge is 0.233 e. The van der Waals surface area contributed by atoms with Crippen molar-refractivity contribution in [2.75, 3.05) is 6.54 Å². The van der Waals surface area contributed by atoms with Gasteiger partial charge in [-0.2, -0.15) is 0 Å². The van der Waals surface area contributed by atoms with E-state index in [1.54, 1.807) is 0 Å². The zero-order valence-electron chi connectivity index (χ0n) is 8.01. The van der Waals surface area contributed by atoms with Crippen LogP contribution in [0, 0.1) is 11.8 Å². The van der Waals surface area contributed by atoms with Gasteiger partial charge in [0.05, 0.1) is 24.3 Å². The Morgan fingerprint density at radius 2 is 1.73 bits per heavy atom. The summed E-state index contributed by atoms with van der Waals surface area (Å²) in [5, 5.41) is 10.4. The first kappa shape index (κ1) is 9.89. The second-order valence-corrected chi connectivity index (χ2v) is 3.79. The minimum absolute atomic E-state index is 0.359. The predicted octanol–water partition coefficient (Wildman–Crippen LogP) is -1.31. The van der Waals surface area contributed by atoms with E-state index < -0.39 is 12.5 Å². The fraction of sp³-hybridized carbons (Fsp3) is 0.500. The third-order valence-electron chi connectivity index (χ3n) is 2.89. The van der Waals surface area contributed by atoms with Crippen LogP contribution >= 0.6 is 0 Å². The van der Waals surface area contributed by atoms with Crippen molar-refractivity contribution in [2.45, 2.75) is 12.8 Å². The largest absolute Gasteiger partial charge is 0.548 e. The van der Waals surface area contributed by atoms with E-state index in [2.05, 4.69) is 0 Å². The number of hydrogen-bond donors (Lipinski definition) is 0. The normalized spacial score (nSPS) is 29.5. The van der Waals surface area contributed by atoms with Crippen molar-refractivity contribution in [3.05, 3.63) is 12.2 Å². The van der Waals surface area contributed by atoms with Crippen molar-refractivity contribution >= 4 is 17.8 Å². The van der Waals surface area contributed by atoms with Crippen LogP contribution in [0.4, 0.5) is 0 Å². The van der Waals surface area contributed by atoms with E-state index in [0.717, 1.165) is 4.90 Å². The summed E-state index contributed by atoms with van der Waals surface area (Å²) in [6.07, 6.45) is 4.77. The maximum absolute atomic E-state index is 11.7. The van der Waals surface area contributed by atoms with Gasteiger partial charge in [0.25, 0.3) is 0 Å². The number of allylic oxidation sites excluding steroid dienone is 2. The van der Waals surface area contributed by atoms with Gasteiger partial charge in [-0.3, -0.25) is 14.5 Å². The lowest BCUT2D eigenvalue weighted by Crippen LogP contribution is -2.41. The molecule has 0 aromatic heterocycles. The maximum atomic E-state index is 11.7. The number of imide groups is 1. The van der Waals surface area contributed by atoms with Gasteiger partial charge in [0, 0.05) is 0 Å². The summed E-state index contributed by atoms with van der Waals surface area (Å²) in [4.78, 5) is 34.5. The molecule has 0 aromatic carbocycles. The molecule has 2 rings (SSSR count). The summed E-state index contributed by atoms with van der Waals surface area (Å²) in [6, 6.07) is 0. The quantitative estimate of drug-likeness (QED) is 0.417. The number of rotatable bonds is 2. The van der Waals surface area contributed by atoms with Gasteiger partial charge in [0.15, 0.2) is 0 Å². The molecule has 15 heavy (non-hydrogen) atoms. The number of aliphatic carboxylic acids is 1. The Labute approximate surface area is 86.4 Å². The fourth-order valence-electron chi connectivity index (χ4n) is 2.15. The van der Waals surface area contributed by atoms with Crippen LogP contribution in [0.15, 0.2) is 12.2 Å². The van der Waals surface area contributed by atoms with Crippen LogP contribution in [0.3, 0.4) is 0 Å². The van der Waals surface area contributed by atoms with E-state index in [9.17, 15) is 19.5 Å². The zero-order valence-corrected chi connectivity index (χ0v) is 8.01. The van der Waals surface area contributed by atoms with Gasteiger partial charge >= 0.3 is 0 Å². The Balaban J connectivity index is 2.20. The van der Waals surface area contributed by atoms with E-state index in [1.807, 2.05) is 12.2 Å². The molecule has 2 amide bonds. The number of carbonyl (C=O) groups is 3. The van der Waals surface area contributed by atoms with Gasteiger partial charge in [-0.05, 0) is 12.8 Å². The molecule has 5 nitrogen and oxygen atoms in total. The average Bonchev–Trinajstić information content (AvgIpc) is 2.44. The Morgan fingerprint density at radius 1 is 1.27 bits per heavy atom. The topological polar surface area (TPSA) is 77.5 Å². The molecule has 0 bridgehead atoms. The standard InChI is InChI=1S/C10H11NO4/c12-8(13)5-11-9(14)6-3-1-2-4-7(6)10(11)15/h1-2,6-7H,3-5H2,(H,12,13)/p-1. The number of carboxylic acids is 1. The molecular formula is C10H10NO4-. The number of amides is 2. The van der Waals surface area contributed by atoms with Crippen LogP contribution in [0.25, 0.3) is 0 Å². The van der Waals surface area contributed by atoms with Crippen molar-refractivity contribution in [1.29, 1.82) is 0 Å². The number of carboxylic acid groups (broad SMARTS) is 1. The van der Waals surface area contributed by atoms with Gasteiger partial charge in [-0.1, -0.05) is 12.2 Å². The molecule has 2 atom stereocenters.